The van der Waals surface area contributed by atoms with Gasteiger partial charge in [-0.25, -0.2) is 4.39 Å². The maximum Gasteiger partial charge on any atom is 0.300 e. The van der Waals surface area contributed by atoms with Crippen LogP contribution in [0.2, 0.25) is 5.02 Å². The van der Waals surface area contributed by atoms with Crippen LogP contribution in [0.15, 0.2) is 72.6 Å². The van der Waals surface area contributed by atoms with E-state index in [4.69, 9.17) is 11.6 Å². The third kappa shape index (κ3) is 3.58. The lowest BCUT2D eigenvalue weighted by Gasteiger charge is -2.25. The second kappa shape index (κ2) is 8.20. The molecule has 1 aliphatic rings. The highest BCUT2D eigenvalue weighted by Gasteiger charge is 2.47. The topological polar surface area (TPSA) is 114 Å². The van der Waals surface area contributed by atoms with Gasteiger partial charge in [-0.05, 0) is 48.0 Å². The van der Waals surface area contributed by atoms with Crippen molar-refractivity contribution in [1.29, 1.82) is 0 Å². The molecule has 1 unspecified atom stereocenters. The molecule has 1 N–H and O–H groups in total. The van der Waals surface area contributed by atoms with Crippen molar-refractivity contribution in [3.05, 3.63) is 105 Å². The molecule has 10 heteroatoms. The van der Waals surface area contributed by atoms with E-state index < -0.39 is 34.2 Å². The van der Waals surface area contributed by atoms with E-state index in [1.165, 1.54) is 48.8 Å². The standard InChI is InChI=1S/C22H13ClFN3O5/c23-16-11-15(5-6-17(16)24)26-19(12-7-9-25-10-8-12)18(21(29)22(26)30)20(28)13-1-3-14(4-2-13)27(31)32/h1-11,19,28H/b20-18+. The van der Waals surface area contributed by atoms with Gasteiger partial charge in [-0.15, -0.1) is 0 Å². The van der Waals surface area contributed by atoms with E-state index >= 15 is 0 Å². The van der Waals surface area contributed by atoms with Crippen molar-refractivity contribution in [2.45, 2.75) is 6.04 Å². The second-order valence-electron chi connectivity index (χ2n) is 6.85. The molecule has 0 saturated carbocycles. The van der Waals surface area contributed by atoms with Gasteiger partial charge in [-0.2, -0.15) is 0 Å². The Kier molecular flexibility index (Phi) is 5.41. The number of nitro groups is 1. The van der Waals surface area contributed by atoms with Gasteiger partial charge in [0, 0.05) is 35.8 Å². The van der Waals surface area contributed by atoms with Crippen molar-refractivity contribution in [2.75, 3.05) is 4.90 Å². The van der Waals surface area contributed by atoms with Gasteiger partial charge in [-0.1, -0.05) is 11.6 Å². The number of halogens is 2. The quantitative estimate of drug-likeness (QED) is 0.206. The minimum atomic E-state index is -1.06. The van der Waals surface area contributed by atoms with E-state index in [0.29, 0.717) is 5.56 Å². The number of non-ortho nitro benzene ring substituents is 1. The number of hydrogen-bond acceptors (Lipinski definition) is 6. The molecule has 0 bridgehead atoms. The molecule has 1 fully saturated rings. The fraction of sp³-hybridized carbons (Fsp3) is 0.0455. The van der Waals surface area contributed by atoms with Crippen LogP contribution >= 0.6 is 11.6 Å². The monoisotopic (exact) mass is 453 g/mol. The number of aromatic nitrogens is 1. The highest BCUT2D eigenvalue weighted by molar-refractivity contribution is 6.51. The first-order chi connectivity index (χ1) is 15.3. The summed E-state index contributed by atoms with van der Waals surface area (Å²) < 4.78 is 13.7. The molecule has 3 aromatic rings. The minimum Gasteiger partial charge on any atom is -0.507 e. The molecule has 0 radical (unpaired) electrons. The first-order valence-corrected chi connectivity index (χ1v) is 9.58. The summed E-state index contributed by atoms with van der Waals surface area (Å²) in [4.78, 5) is 41.3. The summed E-state index contributed by atoms with van der Waals surface area (Å²) in [6.07, 6.45) is 2.91. The number of nitrogens with zero attached hydrogens (tertiary/aromatic N) is 3. The lowest BCUT2D eigenvalue weighted by atomic mass is 9.95. The Bertz CT molecular complexity index is 1280. The zero-order valence-electron chi connectivity index (χ0n) is 16.1. The average molecular weight is 454 g/mol. The molecule has 1 aromatic heterocycles. The Morgan fingerprint density at radius 3 is 2.34 bits per heavy atom. The highest BCUT2D eigenvalue weighted by Crippen LogP contribution is 2.42. The molecule has 0 aliphatic carbocycles. The summed E-state index contributed by atoms with van der Waals surface area (Å²) in [6.45, 7) is 0. The van der Waals surface area contributed by atoms with Gasteiger partial charge in [0.15, 0.2) is 0 Å². The number of nitro benzene ring substituents is 1. The molecule has 8 nitrogen and oxygen atoms in total. The number of ketones is 1. The number of amides is 1. The number of pyridine rings is 1. The lowest BCUT2D eigenvalue weighted by molar-refractivity contribution is -0.384. The van der Waals surface area contributed by atoms with Crippen molar-refractivity contribution in [2.24, 2.45) is 0 Å². The number of aliphatic hydroxyl groups is 1. The molecule has 32 heavy (non-hydrogen) atoms. The van der Waals surface area contributed by atoms with Crippen molar-refractivity contribution >= 4 is 40.4 Å². The summed E-state index contributed by atoms with van der Waals surface area (Å²) >= 11 is 5.88. The lowest BCUT2D eigenvalue weighted by Crippen LogP contribution is -2.29. The SMILES string of the molecule is O=C1C(=O)N(c2ccc(F)c(Cl)c2)C(c2ccncc2)/C1=C(\O)c1ccc([N+](=O)[O-])cc1. The van der Waals surface area contributed by atoms with E-state index in [2.05, 4.69) is 4.98 Å². The average Bonchev–Trinajstić information content (AvgIpc) is 3.06. The predicted octanol–water partition coefficient (Wildman–Crippen LogP) is 4.41. The molecule has 160 valence electrons. The second-order valence-corrected chi connectivity index (χ2v) is 7.26. The summed E-state index contributed by atoms with van der Waals surface area (Å²) in [5, 5.41) is 21.6. The van der Waals surface area contributed by atoms with Crippen molar-refractivity contribution in [3.8, 4) is 0 Å². The van der Waals surface area contributed by atoms with Crippen LogP contribution in [0.4, 0.5) is 15.8 Å². The Balaban J connectivity index is 1.91. The maximum atomic E-state index is 13.7. The van der Waals surface area contributed by atoms with Gasteiger partial charge in [0.2, 0.25) is 0 Å². The van der Waals surface area contributed by atoms with Gasteiger partial charge in [-0.3, -0.25) is 29.6 Å². The minimum absolute atomic E-state index is 0.116. The van der Waals surface area contributed by atoms with E-state index in [-0.39, 0.29) is 27.5 Å². The van der Waals surface area contributed by atoms with Gasteiger partial charge >= 0.3 is 0 Å². The van der Waals surface area contributed by atoms with Crippen LogP contribution in [0.3, 0.4) is 0 Å². The third-order valence-electron chi connectivity index (χ3n) is 5.00. The first kappa shape index (κ1) is 21.1. The molecule has 1 saturated heterocycles. The van der Waals surface area contributed by atoms with Gasteiger partial charge in [0.25, 0.3) is 17.4 Å². The van der Waals surface area contributed by atoms with Gasteiger partial charge in [0.05, 0.1) is 21.6 Å². The molecule has 2 aromatic carbocycles. The Hall–Kier alpha value is -4.11. The Labute approximate surface area is 185 Å². The van der Waals surface area contributed by atoms with Crippen LogP contribution < -0.4 is 4.90 Å². The van der Waals surface area contributed by atoms with E-state index in [1.807, 2.05) is 0 Å². The number of hydrogen-bond donors (Lipinski definition) is 1. The number of carbonyl (C=O) groups excluding carboxylic acids is 2. The highest BCUT2D eigenvalue weighted by atomic mass is 35.5. The molecular formula is C22H13ClFN3O5. The maximum absolute atomic E-state index is 13.7. The normalized spacial score (nSPS) is 17.6. The summed E-state index contributed by atoms with van der Waals surface area (Å²) in [7, 11) is 0. The number of anilines is 1. The van der Waals surface area contributed by atoms with E-state index in [1.54, 1.807) is 12.1 Å². The largest absolute Gasteiger partial charge is 0.507 e. The number of aliphatic hydroxyl groups excluding tert-OH is 1. The van der Waals surface area contributed by atoms with Crippen LogP contribution in [0.1, 0.15) is 17.2 Å². The Morgan fingerprint density at radius 1 is 1.09 bits per heavy atom. The predicted molar refractivity (Wildman–Crippen MR) is 114 cm³/mol. The third-order valence-corrected chi connectivity index (χ3v) is 5.29. The van der Waals surface area contributed by atoms with Crippen LogP contribution in [-0.2, 0) is 9.59 Å². The van der Waals surface area contributed by atoms with Crippen LogP contribution in [0, 0.1) is 15.9 Å². The molecule has 1 atom stereocenters. The van der Waals surface area contributed by atoms with Crippen molar-refractivity contribution < 1.29 is 24.0 Å². The Morgan fingerprint density at radius 2 is 1.75 bits per heavy atom. The van der Waals surface area contributed by atoms with Crippen LogP contribution in [0.5, 0.6) is 0 Å². The summed E-state index contributed by atoms with van der Waals surface area (Å²) in [5.74, 6) is -3.12. The van der Waals surface area contributed by atoms with E-state index in [9.17, 15) is 29.2 Å². The van der Waals surface area contributed by atoms with Gasteiger partial charge < -0.3 is 5.11 Å². The van der Waals surface area contributed by atoms with Crippen molar-refractivity contribution in [3.63, 3.8) is 0 Å². The number of carbonyl (C=O) groups is 2. The smallest absolute Gasteiger partial charge is 0.300 e. The summed E-state index contributed by atoms with van der Waals surface area (Å²) in [6, 6.07) is 10.5. The zero-order valence-corrected chi connectivity index (χ0v) is 16.9. The van der Waals surface area contributed by atoms with Crippen LogP contribution in [-0.4, -0.2) is 26.7 Å². The fourth-order valence-corrected chi connectivity index (χ4v) is 3.67. The molecule has 1 amide bonds. The molecule has 2 heterocycles. The van der Waals surface area contributed by atoms with Crippen LogP contribution in [0.25, 0.3) is 5.76 Å². The van der Waals surface area contributed by atoms with Gasteiger partial charge in [0.1, 0.15) is 11.6 Å². The first-order valence-electron chi connectivity index (χ1n) is 9.20. The van der Waals surface area contributed by atoms with E-state index in [0.717, 1.165) is 11.0 Å². The number of rotatable bonds is 4. The fourth-order valence-electron chi connectivity index (χ4n) is 3.49. The number of benzene rings is 2. The summed E-state index contributed by atoms with van der Waals surface area (Å²) in [5.41, 5.74) is 0.306. The number of Topliss-reactive ketones (excluding diaryl/α,β-unsaturated/α-hetero) is 1. The zero-order chi connectivity index (χ0) is 23.0. The molecule has 4 rings (SSSR count). The van der Waals surface area contributed by atoms with Crippen molar-refractivity contribution in [1.82, 2.24) is 4.98 Å². The molecular weight excluding hydrogens is 441 g/mol. The molecule has 0 spiro atoms. The molecule has 1 aliphatic heterocycles.